The lowest BCUT2D eigenvalue weighted by atomic mass is 10.1. The molecule has 1 N–H and O–H groups in total. The number of unbranched alkanes of at least 4 members (excludes halogenated alkanes) is 7. The normalized spacial score (nSPS) is 10.4. The number of aryl methyl sites for hydroxylation is 1. The molecule has 0 bridgehead atoms. The van der Waals surface area contributed by atoms with E-state index in [2.05, 4.69) is 12.2 Å². The Balaban J connectivity index is 0.00000450. The number of rotatable bonds is 13. The summed E-state index contributed by atoms with van der Waals surface area (Å²) >= 11 is 6.31. The van der Waals surface area contributed by atoms with Gasteiger partial charge >= 0.3 is 0 Å². The van der Waals surface area contributed by atoms with Crippen molar-refractivity contribution in [1.29, 1.82) is 0 Å². The monoisotopic (exact) mass is 544 g/mol. The second kappa shape index (κ2) is 15.5. The predicted octanol–water partition coefficient (Wildman–Crippen LogP) is 2.62. The molecule has 0 saturated carbocycles. The lowest BCUT2D eigenvalue weighted by molar-refractivity contribution is -0.671. The van der Waals surface area contributed by atoms with E-state index in [1.165, 1.54) is 44.9 Å². The first-order valence-corrected chi connectivity index (χ1v) is 11.1. The van der Waals surface area contributed by atoms with Crippen LogP contribution in [0.25, 0.3) is 0 Å². The lowest BCUT2D eigenvalue weighted by Crippen LogP contribution is -3.00. The van der Waals surface area contributed by atoms with Gasteiger partial charge in [0.05, 0.1) is 17.2 Å². The number of carbonyl (C=O) groups is 1. The van der Waals surface area contributed by atoms with Gasteiger partial charge in [0.25, 0.3) is 5.91 Å². The number of hydrogen-bond acceptors (Lipinski definition) is 2. The third kappa shape index (κ3) is 10.1. The lowest BCUT2D eigenvalue weighted by Gasteiger charge is -2.10. The number of amides is 1. The Hall–Kier alpha value is -1.34. The molecule has 2 aromatic rings. The van der Waals surface area contributed by atoms with Crippen LogP contribution in [-0.2, 0) is 13.6 Å². The van der Waals surface area contributed by atoms with E-state index >= 15 is 0 Å². The topological polar surface area (TPSA) is 42.2 Å². The maximum Gasteiger partial charge on any atom is 0.253 e. The van der Waals surface area contributed by atoms with Crippen molar-refractivity contribution >= 4 is 17.5 Å². The first kappa shape index (κ1) is 26.7. The highest BCUT2D eigenvalue weighted by molar-refractivity contribution is 6.34. The summed E-state index contributed by atoms with van der Waals surface area (Å²) in [4.78, 5) is 12.4. The molecule has 0 saturated heterocycles. The standard InChI is InChI=1S/C24H33ClN2O2.HI/c1-3-4-5-6-7-8-9-10-17-29-21-11-12-22(23(25)18-21)24(28)26-19-20-13-15-27(2)16-14-20;/h11-16,18H,3-10,17,19H2,1-2H3;1H. The molecule has 6 heteroatoms. The van der Waals surface area contributed by atoms with Gasteiger partial charge in [-0.25, -0.2) is 4.57 Å². The van der Waals surface area contributed by atoms with E-state index in [4.69, 9.17) is 16.3 Å². The summed E-state index contributed by atoms with van der Waals surface area (Å²) in [6, 6.07) is 9.22. The van der Waals surface area contributed by atoms with E-state index in [1.807, 2.05) is 42.2 Å². The van der Waals surface area contributed by atoms with Crippen LogP contribution in [-0.4, -0.2) is 12.5 Å². The van der Waals surface area contributed by atoms with Gasteiger partial charge in [0, 0.05) is 18.7 Å². The van der Waals surface area contributed by atoms with Crippen molar-refractivity contribution in [2.24, 2.45) is 7.05 Å². The molecular weight excluding hydrogens is 511 g/mol. The Kier molecular flexibility index (Phi) is 13.8. The van der Waals surface area contributed by atoms with Crippen LogP contribution in [0, 0.1) is 0 Å². The molecule has 0 radical (unpaired) electrons. The van der Waals surface area contributed by atoms with E-state index in [0.717, 1.165) is 12.0 Å². The molecule has 0 aliphatic rings. The molecule has 0 spiro atoms. The predicted molar refractivity (Wildman–Crippen MR) is 118 cm³/mol. The third-order valence-electron chi connectivity index (χ3n) is 4.95. The van der Waals surface area contributed by atoms with Gasteiger partial charge in [-0.3, -0.25) is 4.79 Å². The maximum atomic E-state index is 12.4. The fraction of sp³-hybridized carbons (Fsp3) is 0.500. The minimum atomic E-state index is -0.183. The number of nitrogens with zero attached hydrogens (tertiary/aromatic N) is 1. The molecule has 0 aliphatic carbocycles. The van der Waals surface area contributed by atoms with E-state index in [1.54, 1.807) is 12.1 Å². The minimum Gasteiger partial charge on any atom is -1.00 e. The number of carbonyl (C=O) groups excluding carboxylic acids is 1. The summed E-state index contributed by atoms with van der Waals surface area (Å²) in [7, 11) is 1.96. The van der Waals surface area contributed by atoms with Crippen molar-refractivity contribution in [3.63, 3.8) is 0 Å². The summed E-state index contributed by atoms with van der Waals surface area (Å²) in [5, 5.41) is 3.32. The zero-order valence-electron chi connectivity index (χ0n) is 18.1. The number of halogens is 2. The Bertz CT molecular complexity index is 753. The van der Waals surface area contributed by atoms with Crippen LogP contribution in [0.3, 0.4) is 0 Å². The summed E-state index contributed by atoms with van der Waals surface area (Å²) < 4.78 is 7.74. The highest BCUT2D eigenvalue weighted by Gasteiger charge is 2.11. The van der Waals surface area contributed by atoms with E-state index in [0.29, 0.717) is 29.5 Å². The number of hydrogen-bond donors (Lipinski definition) is 1. The number of ether oxygens (including phenoxy) is 1. The quantitative estimate of drug-likeness (QED) is 0.239. The Morgan fingerprint density at radius 3 is 2.27 bits per heavy atom. The van der Waals surface area contributed by atoms with Crippen LogP contribution in [0.4, 0.5) is 0 Å². The average Bonchev–Trinajstić information content (AvgIpc) is 2.72. The van der Waals surface area contributed by atoms with Crippen LogP contribution in [0.5, 0.6) is 5.75 Å². The molecule has 1 aromatic carbocycles. The molecule has 166 valence electrons. The number of aromatic nitrogens is 1. The van der Waals surface area contributed by atoms with Crippen molar-refractivity contribution < 1.29 is 38.1 Å². The molecule has 0 aliphatic heterocycles. The first-order chi connectivity index (χ1) is 14.1. The van der Waals surface area contributed by atoms with E-state index in [9.17, 15) is 4.79 Å². The summed E-state index contributed by atoms with van der Waals surface area (Å²) in [5.41, 5.74) is 1.51. The van der Waals surface area contributed by atoms with Crippen LogP contribution >= 0.6 is 11.6 Å². The van der Waals surface area contributed by atoms with Gasteiger partial charge in [0.1, 0.15) is 12.8 Å². The number of benzene rings is 1. The highest BCUT2D eigenvalue weighted by Crippen LogP contribution is 2.23. The Morgan fingerprint density at radius 2 is 1.63 bits per heavy atom. The Morgan fingerprint density at radius 1 is 1.00 bits per heavy atom. The van der Waals surface area contributed by atoms with Crippen molar-refractivity contribution in [3.05, 3.63) is 58.9 Å². The fourth-order valence-electron chi connectivity index (χ4n) is 3.12. The second-order valence-corrected chi connectivity index (χ2v) is 7.93. The smallest absolute Gasteiger partial charge is 0.253 e. The largest absolute Gasteiger partial charge is 1.00 e. The van der Waals surface area contributed by atoms with Gasteiger partial charge in [0.2, 0.25) is 0 Å². The SMILES string of the molecule is CCCCCCCCCCOc1ccc(C(=O)NCc2cc[n+](C)cc2)c(Cl)c1.[I-]. The molecular formula is C24H34ClIN2O2. The summed E-state index contributed by atoms with van der Waals surface area (Å²) in [5.74, 6) is 0.530. The van der Waals surface area contributed by atoms with Gasteiger partial charge in [-0.1, -0.05) is 63.5 Å². The van der Waals surface area contributed by atoms with Crippen LogP contribution < -0.4 is 38.6 Å². The Labute approximate surface area is 203 Å². The van der Waals surface area contributed by atoms with Crippen LogP contribution in [0.1, 0.15) is 74.2 Å². The van der Waals surface area contributed by atoms with Gasteiger partial charge in [0.15, 0.2) is 12.4 Å². The summed E-state index contributed by atoms with van der Waals surface area (Å²) in [6.45, 7) is 3.39. The molecule has 1 amide bonds. The molecule has 0 unspecified atom stereocenters. The summed E-state index contributed by atoms with van der Waals surface area (Å²) in [6.07, 6.45) is 14.1. The first-order valence-electron chi connectivity index (χ1n) is 10.7. The minimum absolute atomic E-state index is 0. The average molecular weight is 545 g/mol. The molecule has 4 nitrogen and oxygen atoms in total. The molecule has 1 heterocycles. The van der Waals surface area contributed by atoms with Gasteiger partial charge in [-0.05, 0) is 30.2 Å². The number of nitrogens with one attached hydrogen (secondary N) is 1. The van der Waals surface area contributed by atoms with E-state index < -0.39 is 0 Å². The fourth-order valence-corrected chi connectivity index (χ4v) is 3.38. The second-order valence-electron chi connectivity index (χ2n) is 7.52. The van der Waals surface area contributed by atoms with Crippen molar-refractivity contribution in [2.45, 2.75) is 64.8 Å². The van der Waals surface area contributed by atoms with Gasteiger partial charge in [-0.15, -0.1) is 0 Å². The zero-order chi connectivity index (χ0) is 20.9. The van der Waals surface area contributed by atoms with Crippen molar-refractivity contribution in [1.82, 2.24) is 5.32 Å². The van der Waals surface area contributed by atoms with Gasteiger partial charge in [-0.2, -0.15) is 0 Å². The van der Waals surface area contributed by atoms with Crippen molar-refractivity contribution in [3.8, 4) is 5.75 Å². The van der Waals surface area contributed by atoms with Crippen molar-refractivity contribution in [2.75, 3.05) is 6.61 Å². The molecule has 30 heavy (non-hydrogen) atoms. The van der Waals surface area contributed by atoms with Gasteiger partial charge < -0.3 is 34.0 Å². The third-order valence-corrected chi connectivity index (χ3v) is 5.27. The highest BCUT2D eigenvalue weighted by atomic mass is 127. The number of pyridine rings is 1. The molecule has 0 atom stereocenters. The van der Waals surface area contributed by atoms with E-state index in [-0.39, 0.29) is 29.9 Å². The molecule has 0 fully saturated rings. The molecule has 2 rings (SSSR count). The maximum absolute atomic E-state index is 12.4. The van der Waals surface area contributed by atoms with Crippen LogP contribution in [0.15, 0.2) is 42.7 Å². The molecule has 1 aromatic heterocycles. The van der Waals surface area contributed by atoms with Crippen LogP contribution in [0.2, 0.25) is 5.02 Å². The zero-order valence-corrected chi connectivity index (χ0v) is 21.0.